The summed E-state index contributed by atoms with van der Waals surface area (Å²) < 4.78 is 16.8. The SMILES string of the molecule is COc1ccc(Cl)cc1-c1nnc(S/C(=C\c2cccc(OCc3ccccc3)c2)C(=O)O)o1. The highest BCUT2D eigenvalue weighted by Crippen LogP contribution is 2.35. The molecule has 1 aromatic heterocycles. The largest absolute Gasteiger partial charge is 0.496 e. The molecule has 0 radical (unpaired) electrons. The van der Waals surface area contributed by atoms with Crippen molar-refractivity contribution < 1.29 is 23.8 Å². The van der Waals surface area contributed by atoms with Gasteiger partial charge < -0.3 is 19.0 Å². The molecule has 0 amide bonds. The maximum Gasteiger partial charge on any atom is 0.342 e. The number of nitrogens with zero attached hydrogens (tertiary/aromatic N) is 2. The van der Waals surface area contributed by atoms with Gasteiger partial charge in [-0.25, -0.2) is 4.79 Å². The molecule has 0 fully saturated rings. The lowest BCUT2D eigenvalue weighted by Gasteiger charge is -2.07. The molecular formula is C25H19ClN2O5S. The van der Waals surface area contributed by atoms with Gasteiger partial charge in [-0.3, -0.25) is 0 Å². The fourth-order valence-electron chi connectivity index (χ4n) is 3.02. The van der Waals surface area contributed by atoms with Crippen molar-refractivity contribution in [2.24, 2.45) is 0 Å². The molecule has 9 heteroatoms. The Morgan fingerprint density at radius 3 is 2.68 bits per heavy atom. The first-order valence-electron chi connectivity index (χ1n) is 10.1. The van der Waals surface area contributed by atoms with E-state index in [0.717, 1.165) is 17.3 Å². The number of hydrogen-bond donors (Lipinski definition) is 1. The summed E-state index contributed by atoms with van der Waals surface area (Å²) in [5.74, 6) is 0.176. The van der Waals surface area contributed by atoms with Crippen LogP contribution in [0.15, 0.2) is 87.3 Å². The Morgan fingerprint density at radius 1 is 1.09 bits per heavy atom. The zero-order chi connectivity index (χ0) is 23.9. The lowest BCUT2D eigenvalue weighted by molar-refractivity contribution is -0.131. The normalized spacial score (nSPS) is 11.3. The van der Waals surface area contributed by atoms with Crippen molar-refractivity contribution in [3.8, 4) is 23.0 Å². The van der Waals surface area contributed by atoms with Gasteiger partial charge in [-0.1, -0.05) is 54.1 Å². The lowest BCUT2D eigenvalue weighted by atomic mass is 10.2. The van der Waals surface area contributed by atoms with E-state index in [1.54, 1.807) is 36.4 Å². The number of benzene rings is 3. The average Bonchev–Trinajstić information content (AvgIpc) is 3.31. The van der Waals surface area contributed by atoms with E-state index >= 15 is 0 Å². The molecule has 0 aliphatic rings. The Hall–Kier alpha value is -3.75. The Balaban J connectivity index is 1.52. The number of carboxylic acid groups (broad SMARTS) is 1. The number of aliphatic carboxylic acids is 1. The van der Waals surface area contributed by atoms with E-state index in [4.69, 9.17) is 25.5 Å². The second kappa shape index (κ2) is 10.9. The van der Waals surface area contributed by atoms with E-state index in [0.29, 0.717) is 34.3 Å². The summed E-state index contributed by atoms with van der Waals surface area (Å²) in [7, 11) is 1.52. The van der Waals surface area contributed by atoms with Gasteiger partial charge >= 0.3 is 5.97 Å². The fraction of sp³-hybridized carbons (Fsp3) is 0.0800. The van der Waals surface area contributed by atoms with Gasteiger partial charge in [-0.05, 0) is 59.3 Å². The first-order chi connectivity index (χ1) is 16.5. The van der Waals surface area contributed by atoms with Gasteiger partial charge in [0.05, 0.1) is 12.7 Å². The van der Waals surface area contributed by atoms with Gasteiger partial charge in [0.1, 0.15) is 23.0 Å². The number of carboxylic acids is 1. The second-order valence-corrected chi connectivity index (χ2v) is 8.41. The van der Waals surface area contributed by atoms with Crippen molar-refractivity contribution >= 4 is 35.4 Å². The molecule has 172 valence electrons. The lowest BCUT2D eigenvalue weighted by Crippen LogP contribution is -1.97. The molecule has 0 bridgehead atoms. The first kappa shape index (κ1) is 23.4. The number of carbonyl (C=O) groups is 1. The number of ether oxygens (including phenoxy) is 2. The summed E-state index contributed by atoms with van der Waals surface area (Å²) in [6, 6.07) is 21.9. The van der Waals surface area contributed by atoms with Crippen LogP contribution in [0.5, 0.6) is 11.5 Å². The van der Waals surface area contributed by atoms with Gasteiger partial charge in [0.2, 0.25) is 0 Å². The zero-order valence-corrected chi connectivity index (χ0v) is 19.5. The predicted octanol–water partition coefficient (Wildman–Crippen LogP) is 6.20. The second-order valence-electron chi connectivity index (χ2n) is 6.98. The van der Waals surface area contributed by atoms with E-state index < -0.39 is 5.97 Å². The highest BCUT2D eigenvalue weighted by Gasteiger charge is 2.18. The third kappa shape index (κ3) is 5.98. The quantitative estimate of drug-likeness (QED) is 0.217. The topological polar surface area (TPSA) is 94.7 Å². The molecule has 1 heterocycles. The van der Waals surface area contributed by atoms with Crippen molar-refractivity contribution in [1.29, 1.82) is 0 Å². The molecule has 34 heavy (non-hydrogen) atoms. The van der Waals surface area contributed by atoms with Gasteiger partial charge in [-0.15, -0.1) is 10.2 Å². The maximum absolute atomic E-state index is 11.9. The molecule has 0 spiro atoms. The number of methoxy groups -OCH3 is 1. The smallest absolute Gasteiger partial charge is 0.342 e. The van der Waals surface area contributed by atoms with Crippen LogP contribution in [0.1, 0.15) is 11.1 Å². The minimum Gasteiger partial charge on any atom is -0.496 e. The highest BCUT2D eigenvalue weighted by atomic mass is 35.5. The Bertz CT molecular complexity index is 1320. The van der Waals surface area contributed by atoms with Crippen molar-refractivity contribution in [1.82, 2.24) is 10.2 Å². The third-order valence-corrected chi connectivity index (χ3v) is 5.70. The van der Waals surface area contributed by atoms with Crippen LogP contribution >= 0.6 is 23.4 Å². The first-order valence-corrected chi connectivity index (χ1v) is 11.3. The van der Waals surface area contributed by atoms with E-state index in [1.165, 1.54) is 13.2 Å². The van der Waals surface area contributed by atoms with Crippen LogP contribution in [-0.4, -0.2) is 28.4 Å². The van der Waals surface area contributed by atoms with E-state index in [1.807, 2.05) is 36.4 Å². The number of hydrogen-bond acceptors (Lipinski definition) is 7. The van der Waals surface area contributed by atoms with Crippen LogP contribution in [0.3, 0.4) is 0 Å². The summed E-state index contributed by atoms with van der Waals surface area (Å²) in [5, 5.41) is 18.2. The van der Waals surface area contributed by atoms with Gasteiger partial charge in [0.15, 0.2) is 0 Å². The van der Waals surface area contributed by atoms with Crippen molar-refractivity contribution in [3.05, 3.63) is 93.9 Å². The van der Waals surface area contributed by atoms with E-state index in [-0.39, 0.29) is 16.0 Å². The number of rotatable bonds is 9. The summed E-state index contributed by atoms with van der Waals surface area (Å²) >= 11 is 6.92. The Morgan fingerprint density at radius 2 is 1.91 bits per heavy atom. The Labute approximate surface area is 205 Å². The molecule has 1 N–H and O–H groups in total. The molecule has 4 aromatic rings. The van der Waals surface area contributed by atoms with Crippen LogP contribution in [0.4, 0.5) is 0 Å². The van der Waals surface area contributed by atoms with Crippen LogP contribution in [0.25, 0.3) is 17.5 Å². The van der Waals surface area contributed by atoms with Crippen LogP contribution in [0.2, 0.25) is 5.02 Å². The van der Waals surface area contributed by atoms with Crippen LogP contribution in [-0.2, 0) is 11.4 Å². The minimum absolute atomic E-state index is 0.00784. The minimum atomic E-state index is -1.12. The molecule has 0 aliphatic heterocycles. The number of halogens is 1. The third-order valence-electron chi connectivity index (χ3n) is 4.61. The van der Waals surface area contributed by atoms with E-state index in [9.17, 15) is 9.90 Å². The maximum atomic E-state index is 11.9. The zero-order valence-electron chi connectivity index (χ0n) is 18.0. The average molecular weight is 495 g/mol. The van der Waals surface area contributed by atoms with Gasteiger partial charge in [0, 0.05) is 5.02 Å². The molecule has 0 aliphatic carbocycles. The highest BCUT2D eigenvalue weighted by molar-refractivity contribution is 8.03. The number of thioether (sulfide) groups is 1. The molecule has 0 unspecified atom stereocenters. The summed E-state index contributed by atoms with van der Waals surface area (Å²) in [6.07, 6.45) is 1.52. The molecule has 3 aromatic carbocycles. The van der Waals surface area contributed by atoms with Crippen molar-refractivity contribution in [3.63, 3.8) is 0 Å². The van der Waals surface area contributed by atoms with Crippen molar-refractivity contribution in [2.45, 2.75) is 11.8 Å². The molecule has 7 nitrogen and oxygen atoms in total. The predicted molar refractivity (Wildman–Crippen MR) is 130 cm³/mol. The van der Waals surface area contributed by atoms with Crippen LogP contribution < -0.4 is 9.47 Å². The standard InChI is InChI=1S/C25H19ClN2O5S/c1-31-21-11-10-18(26)14-20(21)23-27-28-25(33-23)34-22(24(29)30)13-17-8-5-9-19(12-17)32-15-16-6-3-2-4-7-16/h2-14H,15H2,1H3,(H,29,30)/b22-13-. The molecule has 4 rings (SSSR count). The molecule has 0 saturated heterocycles. The summed E-state index contributed by atoms with van der Waals surface area (Å²) in [6.45, 7) is 0.409. The molecule has 0 atom stereocenters. The molecular weight excluding hydrogens is 476 g/mol. The number of aromatic nitrogens is 2. The van der Waals surface area contributed by atoms with Crippen LogP contribution in [0, 0.1) is 0 Å². The Kier molecular flexibility index (Phi) is 7.51. The van der Waals surface area contributed by atoms with E-state index in [2.05, 4.69) is 10.2 Å². The molecule has 0 saturated carbocycles. The monoisotopic (exact) mass is 494 g/mol. The summed E-state index contributed by atoms with van der Waals surface area (Å²) in [4.78, 5) is 11.9. The summed E-state index contributed by atoms with van der Waals surface area (Å²) in [5.41, 5.74) is 2.21. The fourth-order valence-corrected chi connectivity index (χ4v) is 3.87. The van der Waals surface area contributed by atoms with Gasteiger partial charge in [-0.2, -0.15) is 0 Å². The van der Waals surface area contributed by atoms with Gasteiger partial charge in [0.25, 0.3) is 11.1 Å². The van der Waals surface area contributed by atoms with Crippen molar-refractivity contribution in [2.75, 3.05) is 7.11 Å².